The van der Waals surface area contributed by atoms with Crippen LogP contribution in [0.15, 0.2) is 41.3 Å². The Kier molecular flexibility index (Phi) is 8.95. The van der Waals surface area contributed by atoms with Crippen molar-refractivity contribution in [3.05, 3.63) is 58.7 Å². The lowest BCUT2D eigenvalue weighted by Crippen LogP contribution is -2.46. The van der Waals surface area contributed by atoms with Crippen LogP contribution in [0.2, 0.25) is 0 Å². The third kappa shape index (κ3) is 7.20. The Morgan fingerprint density at radius 3 is 2.59 bits per heavy atom. The van der Waals surface area contributed by atoms with Gasteiger partial charge in [0.05, 0.1) is 17.7 Å². The van der Waals surface area contributed by atoms with Crippen molar-refractivity contribution in [3.63, 3.8) is 0 Å². The van der Waals surface area contributed by atoms with Crippen molar-refractivity contribution in [1.82, 2.24) is 5.32 Å². The smallest absolute Gasteiger partial charge is 0.303 e. The van der Waals surface area contributed by atoms with Gasteiger partial charge in [0.25, 0.3) is 0 Å². The van der Waals surface area contributed by atoms with E-state index in [2.05, 4.69) is 43.4 Å². The Hall–Kier alpha value is -2.60. The lowest BCUT2D eigenvalue weighted by atomic mass is 9.88. The first-order valence-electron chi connectivity index (χ1n) is 11.4. The summed E-state index contributed by atoms with van der Waals surface area (Å²) in [6.07, 6.45) is 2.26. The standard InChI is InChI=1S/C26H31FN2O4S/c1-26(2,13-17-9-18-5-3-4-6-19(18)10-17)29-15-22(30)16-33-23-11-20(7-8-25(31)32)24(34-27)12-21(23)14-28/h3-6,11-12,17,22,29-30H,7-10,13,15-16H2,1-2H3,(H,31,32). The maximum atomic E-state index is 13.3. The van der Waals surface area contributed by atoms with Gasteiger partial charge in [-0.3, -0.25) is 4.79 Å². The van der Waals surface area contributed by atoms with Crippen molar-refractivity contribution in [2.24, 2.45) is 5.92 Å². The molecule has 1 atom stereocenters. The zero-order valence-electron chi connectivity index (χ0n) is 19.5. The number of hydrogen-bond acceptors (Lipinski definition) is 6. The van der Waals surface area contributed by atoms with E-state index in [1.54, 1.807) is 0 Å². The van der Waals surface area contributed by atoms with E-state index >= 15 is 0 Å². The summed E-state index contributed by atoms with van der Waals surface area (Å²) in [6, 6.07) is 13.4. The van der Waals surface area contributed by atoms with Crippen LogP contribution in [-0.4, -0.2) is 41.0 Å². The van der Waals surface area contributed by atoms with Gasteiger partial charge in [-0.05, 0) is 74.3 Å². The highest BCUT2D eigenvalue weighted by Gasteiger charge is 2.28. The van der Waals surface area contributed by atoms with Crippen LogP contribution in [0.4, 0.5) is 3.89 Å². The van der Waals surface area contributed by atoms with Gasteiger partial charge in [0.2, 0.25) is 0 Å². The summed E-state index contributed by atoms with van der Waals surface area (Å²) in [7, 11) is 0. The number of nitriles is 1. The second-order valence-electron chi connectivity index (χ2n) is 9.52. The van der Waals surface area contributed by atoms with E-state index < -0.39 is 12.1 Å². The van der Waals surface area contributed by atoms with E-state index in [-0.39, 0.29) is 53.3 Å². The van der Waals surface area contributed by atoms with Crippen molar-refractivity contribution >= 4 is 18.1 Å². The molecule has 0 radical (unpaired) electrons. The molecule has 0 aromatic heterocycles. The van der Waals surface area contributed by atoms with Crippen LogP contribution in [0.1, 0.15) is 48.9 Å². The lowest BCUT2D eigenvalue weighted by molar-refractivity contribution is -0.136. The van der Waals surface area contributed by atoms with Crippen LogP contribution in [0.25, 0.3) is 0 Å². The predicted molar refractivity (Wildman–Crippen MR) is 130 cm³/mol. The molecule has 0 aliphatic heterocycles. The molecule has 0 fully saturated rings. The van der Waals surface area contributed by atoms with E-state index in [0.29, 0.717) is 18.0 Å². The average molecular weight is 487 g/mol. The Morgan fingerprint density at radius 1 is 1.32 bits per heavy atom. The summed E-state index contributed by atoms with van der Waals surface area (Å²) in [4.78, 5) is 11.1. The fourth-order valence-electron chi connectivity index (χ4n) is 4.54. The summed E-state index contributed by atoms with van der Waals surface area (Å²) in [5.41, 5.74) is 3.26. The first-order valence-corrected chi connectivity index (χ1v) is 12.1. The highest BCUT2D eigenvalue weighted by Crippen LogP contribution is 2.33. The molecule has 0 amide bonds. The zero-order chi connectivity index (χ0) is 24.7. The Morgan fingerprint density at radius 2 is 2.00 bits per heavy atom. The number of β-amino-alcohol motifs (C(OH)–C–C–N with tert-alkyl or cyclic N) is 1. The van der Waals surface area contributed by atoms with Gasteiger partial charge in [-0.15, -0.1) is 0 Å². The molecule has 3 N–H and O–H groups in total. The molecule has 6 nitrogen and oxygen atoms in total. The molecule has 1 aliphatic carbocycles. The molecule has 3 rings (SSSR count). The number of hydrogen-bond donors (Lipinski definition) is 3. The molecule has 182 valence electrons. The van der Waals surface area contributed by atoms with E-state index in [4.69, 9.17) is 9.84 Å². The second-order valence-corrected chi connectivity index (χ2v) is 10.1. The number of aryl methyl sites for hydroxylation is 1. The van der Waals surface area contributed by atoms with Crippen LogP contribution in [0, 0.1) is 17.2 Å². The minimum Gasteiger partial charge on any atom is -0.489 e. The molecule has 1 unspecified atom stereocenters. The fraction of sp³-hybridized carbons (Fsp3) is 0.462. The van der Waals surface area contributed by atoms with Gasteiger partial charge in [-0.2, -0.15) is 9.15 Å². The van der Waals surface area contributed by atoms with Crippen molar-refractivity contribution in [2.75, 3.05) is 13.2 Å². The number of aliphatic carboxylic acids is 1. The molecule has 0 spiro atoms. The van der Waals surface area contributed by atoms with Gasteiger partial charge in [-0.25, -0.2) is 0 Å². The molecule has 8 heteroatoms. The highest BCUT2D eigenvalue weighted by molar-refractivity contribution is 7.94. The number of aliphatic hydroxyl groups excluding tert-OH is 1. The van der Waals surface area contributed by atoms with Crippen LogP contribution in [-0.2, 0) is 24.1 Å². The molecular formula is C26H31FN2O4S. The number of carbonyl (C=O) groups is 1. The van der Waals surface area contributed by atoms with Crippen LogP contribution in [0.5, 0.6) is 5.75 Å². The Bertz CT molecular complexity index is 1030. The first kappa shape index (κ1) is 26.0. The minimum atomic E-state index is -0.993. The van der Waals surface area contributed by atoms with E-state index in [9.17, 15) is 19.0 Å². The quantitative estimate of drug-likeness (QED) is 0.407. The fourth-order valence-corrected chi connectivity index (χ4v) is 4.97. The number of nitrogens with zero attached hydrogens (tertiary/aromatic N) is 1. The van der Waals surface area contributed by atoms with Crippen molar-refractivity contribution < 1.29 is 23.6 Å². The minimum absolute atomic E-state index is 0.0296. The zero-order valence-corrected chi connectivity index (χ0v) is 20.3. The summed E-state index contributed by atoms with van der Waals surface area (Å²) < 4.78 is 19.0. The SMILES string of the molecule is CC(C)(CC1Cc2ccccc2C1)NCC(O)COc1cc(CCC(=O)O)c(SF)cc1C#N. The third-order valence-electron chi connectivity index (χ3n) is 6.16. The van der Waals surface area contributed by atoms with Gasteiger partial charge >= 0.3 is 5.97 Å². The molecule has 0 saturated heterocycles. The average Bonchev–Trinajstić information content (AvgIpc) is 3.21. The summed E-state index contributed by atoms with van der Waals surface area (Å²) in [5.74, 6) is -0.224. The maximum absolute atomic E-state index is 13.3. The van der Waals surface area contributed by atoms with Gasteiger partial charge in [0, 0.05) is 23.4 Å². The summed E-state index contributed by atoms with van der Waals surface area (Å²) in [5, 5.41) is 32.2. The van der Waals surface area contributed by atoms with E-state index in [0.717, 1.165) is 19.3 Å². The van der Waals surface area contributed by atoms with Crippen LogP contribution < -0.4 is 10.1 Å². The second kappa shape index (κ2) is 11.7. The normalized spacial score (nSPS) is 14.4. The number of carboxylic acid groups (broad SMARTS) is 1. The molecular weight excluding hydrogens is 455 g/mol. The highest BCUT2D eigenvalue weighted by atomic mass is 32.2. The van der Waals surface area contributed by atoms with E-state index in [1.807, 2.05) is 6.07 Å². The van der Waals surface area contributed by atoms with Gasteiger partial charge in [0.15, 0.2) is 0 Å². The molecule has 2 aromatic rings. The number of rotatable bonds is 12. The third-order valence-corrected chi connectivity index (χ3v) is 6.70. The largest absolute Gasteiger partial charge is 0.489 e. The molecule has 2 aromatic carbocycles. The van der Waals surface area contributed by atoms with Gasteiger partial charge in [0.1, 0.15) is 24.5 Å². The van der Waals surface area contributed by atoms with Crippen molar-refractivity contribution in [1.29, 1.82) is 5.26 Å². The maximum Gasteiger partial charge on any atom is 0.303 e. The number of fused-ring (bicyclic) bond motifs is 1. The molecule has 0 bridgehead atoms. The van der Waals surface area contributed by atoms with Crippen LogP contribution >= 0.6 is 12.1 Å². The molecule has 1 aliphatic rings. The number of halogens is 1. The van der Waals surface area contributed by atoms with Crippen molar-refractivity contribution in [2.45, 2.75) is 62.5 Å². The van der Waals surface area contributed by atoms with Gasteiger partial charge < -0.3 is 20.3 Å². The van der Waals surface area contributed by atoms with Crippen molar-refractivity contribution in [3.8, 4) is 11.8 Å². The van der Waals surface area contributed by atoms with Gasteiger partial charge in [-0.1, -0.05) is 24.3 Å². The Labute approximate surface area is 204 Å². The van der Waals surface area contributed by atoms with Crippen LogP contribution in [0.3, 0.4) is 0 Å². The number of nitrogens with one attached hydrogen (secondary N) is 1. The Balaban J connectivity index is 1.53. The first-order chi connectivity index (χ1) is 16.2. The monoisotopic (exact) mass is 486 g/mol. The predicted octanol–water partition coefficient (Wildman–Crippen LogP) is 4.47. The molecule has 0 heterocycles. The number of aliphatic hydroxyl groups is 1. The molecule has 0 saturated carbocycles. The number of ether oxygens (including phenoxy) is 1. The van der Waals surface area contributed by atoms with E-state index in [1.165, 1.54) is 23.3 Å². The molecule has 34 heavy (non-hydrogen) atoms. The topological polar surface area (TPSA) is 103 Å². The number of benzene rings is 2. The lowest BCUT2D eigenvalue weighted by Gasteiger charge is -2.30. The number of carboxylic acids is 1. The summed E-state index contributed by atoms with van der Waals surface area (Å²) >= 11 is -0.0296. The summed E-state index contributed by atoms with van der Waals surface area (Å²) in [6.45, 7) is 4.52.